The summed E-state index contributed by atoms with van der Waals surface area (Å²) in [6.45, 7) is 0. The highest BCUT2D eigenvalue weighted by atomic mass is 19.4. The zero-order valence-corrected chi connectivity index (χ0v) is 10.1. The fourth-order valence-corrected chi connectivity index (χ4v) is 2.24. The second-order valence-corrected chi connectivity index (χ2v) is 4.35. The van der Waals surface area contributed by atoms with Crippen molar-refractivity contribution in [2.75, 3.05) is 0 Å². The van der Waals surface area contributed by atoms with E-state index in [0.29, 0.717) is 16.3 Å². The van der Waals surface area contributed by atoms with Crippen LogP contribution in [0.15, 0.2) is 42.5 Å². The number of halogens is 3. The predicted octanol–water partition coefficient (Wildman–Crippen LogP) is 4.28. The molecule has 2 nitrogen and oxygen atoms in total. The lowest BCUT2D eigenvalue weighted by molar-refractivity contribution is -0.139. The van der Waals surface area contributed by atoms with Crippen molar-refractivity contribution < 1.29 is 13.2 Å². The minimum atomic E-state index is -4.53. The van der Waals surface area contributed by atoms with Gasteiger partial charge in [0.05, 0.1) is 17.1 Å². The number of rotatable bonds is 0. The number of hydrogen-bond acceptors (Lipinski definition) is 2. The molecule has 2 aromatic carbocycles. The van der Waals surface area contributed by atoms with Crippen LogP contribution >= 0.6 is 0 Å². The van der Waals surface area contributed by atoms with Crippen LogP contribution in [0.1, 0.15) is 11.3 Å². The number of benzene rings is 2. The molecule has 0 fully saturated rings. The fraction of sp³-hybridized carbons (Fsp3) is 0.0667. The number of pyridine rings is 1. The Morgan fingerprint density at radius 3 is 2.40 bits per heavy atom. The van der Waals surface area contributed by atoms with Gasteiger partial charge in [-0.05, 0) is 23.6 Å². The maximum atomic E-state index is 13.1. The van der Waals surface area contributed by atoms with Crippen molar-refractivity contribution in [3.63, 3.8) is 0 Å². The molecule has 0 amide bonds. The summed E-state index contributed by atoms with van der Waals surface area (Å²) >= 11 is 0. The molecule has 1 aromatic heterocycles. The first-order valence-electron chi connectivity index (χ1n) is 5.80. The minimum absolute atomic E-state index is 0.00944. The van der Waals surface area contributed by atoms with Crippen molar-refractivity contribution >= 4 is 21.7 Å². The molecule has 0 atom stereocenters. The van der Waals surface area contributed by atoms with Gasteiger partial charge in [-0.2, -0.15) is 18.4 Å². The Morgan fingerprint density at radius 2 is 1.70 bits per heavy atom. The topological polar surface area (TPSA) is 36.7 Å². The second-order valence-electron chi connectivity index (χ2n) is 4.35. The molecule has 98 valence electrons. The van der Waals surface area contributed by atoms with Gasteiger partial charge in [-0.3, -0.25) is 0 Å². The first-order valence-corrected chi connectivity index (χ1v) is 5.80. The SMILES string of the molecule is N#Cc1ccc2c(C(F)(F)F)nc3ccccc3c2c1. The average molecular weight is 272 g/mol. The van der Waals surface area contributed by atoms with E-state index in [1.165, 1.54) is 24.3 Å². The van der Waals surface area contributed by atoms with Crippen molar-refractivity contribution in [3.05, 3.63) is 53.7 Å². The van der Waals surface area contributed by atoms with Crippen LogP contribution in [0.2, 0.25) is 0 Å². The highest BCUT2D eigenvalue weighted by Crippen LogP contribution is 2.36. The van der Waals surface area contributed by atoms with E-state index < -0.39 is 11.9 Å². The first-order chi connectivity index (χ1) is 9.50. The lowest BCUT2D eigenvalue weighted by Gasteiger charge is -2.12. The van der Waals surface area contributed by atoms with Gasteiger partial charge >= 0.3 is 6.18 Å². The van der Waals surface area contributed by atoms with Gasteiger partial charge < -0.3 is 0 Å². The third-order valence-electron chi connectivity index (χ3n) is 3.10. The molecule has 0 radical (unpaired) electrons. The summed E-state index contributed by atoms with van der Waals surface area (Å²) in [5.41, 5.74) is -0.333. The summed E-state index contributed by atoms with van der Waals surface area (Å²) in [6.07, 6.45) is -4.53. The molecule has 3 rings (SSSR count). The average Bonchev–Trinajstić information content (AvgIpc) is 2.44. The monoisotopic (exact) mass is 272 g/mol. The molecule has 0 saturated heterocycles. The van der Waals surface area contributed by atoms with E-state index in [4.69, 9.17) is 5.26 Å². The van der Waals surface area contributed by atoms with Gasteiger partial charge in [-0.1, -0.05) is 24.3 Å². The molecular formula is C15H7F3N2. The summed E-state index contributed by atoms with van der Waals surface area (Å²) in [7, 11) is 0. The quantitative estimate of drug-likeness (QED) is 0.573. The van der Waals surface area contributed by atoms with Crippen LogP contribution in [0.25, 0.3) is 21.7 Å². The molecule has 0 aliphatic heterocycles. The number of nitrogens with zero attached hydrogens (tertiary/aromatic N) is 2. The summed E-state index contributed by atoms with van der Waals surface area (Å²) in [5.74, 6) is 0. The standard InChI is InChI=1S/C15H7F3N2/c16-15(17,18)14-11-6-5-9(8-19)7-12(11)10-3-1-2-4-13(10)20-14/h1-7H. The molecule has 0 aliphatic rings. The summed E-state index contributed by atoms with van der Waals surface area (Å²) < 4.78 is 39.3. The van der Waals surface area contributed by atoms with Crippen LogP contribution in [0.4, 0.5) is 13.2 Å². The van der Waals surface area contributed by atoms with E-state index >= 15 is 0 Å². The van der Waals surface area contributed by atoms with Crippen LogP contribution in [0, 0.1) is 11.3 Å². The lowest BCUT2D eigenvalue weighted by atomic mass is 10.0. The van der Waals surface area contributed by atoms with E-state index in [-0.39, 0.29) is 10.9 Å². The van der Waals surface area contributed by atoms with Gasteiger partial charge in [0.2, 0.25) is 0 Å². The Labute approximate surface area is 112 Å². The van der Waals surface area contributed by atoms with E-state index in [1.54, 1.807) is 18.2 Å². The third kappa shape index (κ3) is 1.86. The molecule has 0 bridgehead atoms. The van der Waals surface area contributed by atoms with Crippen LogP contribution in [-0.2, 0) is 6.18 Å². The summed E-state index contributed by atoms with van der Waals surface area (Å²) in [5, 5.41) is 9.91. The number of para-hydroxylation sites is 1. The van der Waals surface area contributed by atoms with Crippen molar-refractivity contribution in [2.24, 2.45) is 0 Å². The summed E-state index contributed by atoms with van der Waals surface area (Å²) in [4.78, 5) is 3.72. The Bertz CT molecular complexity index is 860. The highest BCUT2D eigenvalue weighted by Gasteiger charge is 2.35. The molecule has 0 unspecified atom stereocenters. The van der Waals surface area contributed by atoms with Crippen LogP contribution in [0.3, 0.4) is 0 Å². The first kappa shape index (κ1) is 12.4. The van der Waals surface area contributed by atoms with E-state index in [2.05, 4.69) is 4.98 Å². The smallest absolute Gasteiger partial charge is 0.243 e. The maximum Gasteiger partial charge on any atom is 0.433 e. The van der Waals surface area contributed by atoms with Crippen LogP contribution in [0.5, 0.6) is 0 Å². The molecule has 0 aliphatic carbocycles. The zero-order chi connectivity index (χ0) is 14.3. The Kier molecular flexibility index (Phi) is 2.61. The number of fused-ring (bicyclic) bond motifs is 3. The Balaban J connectivity index is 2.55. The molecule has 0 saturated carbocycles. The predicted molar refractivity (Wildman–Crippen MR) is 69.0 cm³/mol. The van der Waals surface area contributed by atoms with Gasteiger partial charge in [0, 0.05) is 10.8 Å². The molecule has 5 heteroatoms. The van der Waals surface area contributed by atoms with Gasteiger partial charge in [0.15, 0.2) is 5.69 Å². The van der Waals surface area contributed by atoms with Crippen molar-refractivity contribution in [1.29, 1.82) is 5.26 Å². The molecule has 1 heterocycles. The van der Waals surface area contributed by atoms with Crippen LogP contribution < -0.4 is 0 Å². The largest absolute Gasteiger partial charge is 0.433 e. The van der Waals surface area contributed by atoms with Gasteiger partial charge in [-0.25, -0.2) is 4.98 Å². The number of aromatic nitrogens is 1. The lowest BCUT2D eigenvalue weighted by Crippen LogP contribution is -2.09. The van der Waals surface area contributed by atoms with Crippen molar-refractivity contribution in [3.8, 4) is 6.07 Å². The minimum Gasteiger partial charge on any atom is -0.243 e. The zero-order valence-electron chi connectivity index (χ0n) is 10.1. The van der Waals surface area contributed by atoms with E-state index in [0.717, 1.165) is 0 Å². The third-order valence-corrected chi connectivity index (χ3v) is 3.10. The number of alkyl halides is 3. The second kappa shape index (κ2) is 4.20. The van der Waals surface area contributed by atoms with E-state index in [9.17, 15) is 13.2 Å². The number of hydrogen-bond donors (Lipinski definition) is 0. The van der Waals surface area contributed by atoms with Crippen molar-refractivity contribution in [1.82, 2.24) is 4.98 Å². The maximum absolute atomic E-state index is 13.1. The molecule has 20 heavy (non-hydrogen) atoms. The van der Waals surface area contributed by atoms with Gasteiger partial charge in [-0.15, -0.1) is 0 Å². The summed E-state index contributed by atoms with van der Waals surface area (Å²) in [6, 6.07) is 12.7. The molecular weight excluding hydrogens is 265 g/mol. The van der Waals surface area contributed by atoms with Gasteiger partial charge in [0.25, 0.3) is 0 Å². The highest BCUT2D eigenvalue weighted by molar-refractivity contribution is 6.07. The Hall–Kier alpha value is -2.61. The Morgan fingerprint density at radius 1 is 0.950 bits per heavy atom. The fourth-order valence-electron chi connectivity index (χ4n) is 2.24. The number of nitriles is 1. The molecule has 0 N–H and O–H groups in total. The van der Waals surface area contributed by atoms with Crippen LogP contribution in [-0.4, -0.2) is 4.98 Å². The normalized spacial score (nSPS) is 11.7. The molecule has 3 aromatic rings. The van der Waals surface area contributed by atoms with Gasteiger partial charge in [0.1, 0.15) is 0 Å². The van der Waals surface area contributed by atoms with Crippen molar-refractivity contribution in [2.45, 2.75) is 6.18 Å². The van der Waals surface area contributed by atoms with E-state index in [1.807, 2.05) is 6.07 Å². The molecule has 0 spiro atoms.